The molecule has 0 aliphatic carbocycles. The van der Waals surface area contributed by atoms with E-state index in [4.69, 9.17) is 14.2 Å². The van der Waals surface area contributed by atoms with Crippen molar-refractivity contribution in [3.8, 4) is 34.1 Å². The molecule has 3 aromatic carbocycles. The van der Waals surface area contributed by atoms with E-state index >= 15 is 4.39 Å². The third-order valence-corrected chi connectivity index (χ3v) is 8.72. The first-order chi connectivity index (χ1) is 22.9. The molecule has 1 fully saturated rings. The Labute approximate surface area is 274 Å². The molecule has 0 unspecified atom stereocenters. The molecule has 244 valence electrons. The van der Waals surface area contributed by atoms with E-state index < -0.39 is 5.82 Å². The maximum Gasteiger partial charge on any atom is 0.261 e. The normalized spacial score (nSPS) is 14.0. The lowest BCUT2D eigenvalue weighted by molar-refractivity contribution is 0.130. The topological polar surface area (TPSA) is 82.0 Å². The Morgan fingerprint density at radius 3 is 2.40 bits per heavy atom. The van der Waals surface area contributed by atoms with Crippen LogP contribution in [0.5, 0.6) is 23.0 Å². The molecule has 2 aromatic heterocycles. The highest BCUT2D eigenvalue weighted by molar-refractivity contribution is 5.92. The van der Waals surface area contributed by atoms with E-state index in [0.29, 0.717) is 58.1 Å². The highest BCUT2D eigenvalue weighted by Crippen LogP contribution is 2.39. The number of hydrogen-bond acceptors (Lipinski definition) is 8. The minimum absolute atomic E-state index is 0.0193. The van der Waals surface area contributed by atoms with Crippen molar-refractivity contribution < 1.29 is 18.6 Å². The van der Waals surface area contributed by atoms with E-state index in [0.717, 1.165) is 51.3 Å². The molecule has 0 saturated carbocycles. The van der Waals surface area contributed by atoms with Gasteiger partial charge in [-0.3, -0.25) is 14.3 Å². The zero-order chi connectivity index (χ0) is 32.8. The van der Waals surface area contributed by atoms with Crippen molar-refractivity contribution in [1.29, 1.82) is 0 Å². The number of piperazine rings is 1. The van der Waals surface area contributed by atoms with Crippen LogP contribution in [-0.4, -0.2) is 77.3 Å². The molecule has 6 rings (SSSR count). The van der Waals surface area contributed by atoms with Crippen LogP contribution in [0.3, 0.4) is 0 Å². The zero-order valence-corrected chi connectivity index (χ0v) is 27.1. The molecule has 0 atom stereocenters. The van der Waals surface area contributed by atoms with E-state index in [1.54, 1.807) is 32.5 Å². The second kappa shape index (κ2) is 14.7. The molecule has 0 radical (unpaired) electrons. The number of methoxy groups -OCH3 is 1. The van der Waals surface area contributed by atoms with Gasteiger partial charge in [0, 0.05) is 64.0 Å². The van der Waals surface area contributed by atoms with E-state index in [1.165, 1.54) is 22.9 Å². The maximum atomic E-state index is 15.5. The first-order valence-corrected chi connectivity index (χ1v) is 16.0. The summed E-state index contributed by atoms with van der Waals surface area (Å²) >= 11 is 0. The van der Waals surface area contributed by atoms with Crippen molar-refractivity contribution in [2.24, 2.45) is 7.05 Å². The number of hydrogen-bond donors (Lipinski definition) is 0. The van der Waals surface area contributed by atoms with Crippen LogP contribution in [0.1, 0.15) is 24.7 Å². The van der Waals surface area contributed by atoms with E-state index in [2.05, 4.69) is 26.7 Å². The summed E-state index contributed by atoms with van der Waals surface area (Å²) in [5.74, 6) is 1.55. The van der Waals surface area contributed by atoms with Gasteiger partial charge in [0.1, 0.15) is 17.1 Å². The van der Waals surface area contributed by atoms with Crippen molar-refractivity contribution in [3.63, 3.8) is 0 Å². The van der Waals surface area contributed by atoms with Crippen molar-refractivity contribution in [2.45, 2.75) is 19.8 Å². The zero-order valence-electron chi connectivity index (χ0n) is 27.1. The van der Waals surface area contributed by atoms with E-state index in [-0.39, 0.29) is 11.3 Å². The van der Waals surface area contributed by atoms with Gasteiger partial charge in [0.15, 0.2) is 23.1 Å². The number of rotatable bonds is 12. The highest BCUT2D eigenvalue weighted by atomic mass is 19.1. The fourth-order valence-corrected chi connectivity index (χ4v) is 5.94. The average Bonchev–Trinajstić information content (AvgIpc) is 3.10. The van der Waals surface area contributed by atoms with Crippen molar-refractivity contribution in [1.82, 2.24) is 24.3 Å². The number of benzene rings is 3. The Morgan fingerprint density at radius 1 is 0.894 bits per heavy atom. The summed E-state index contributed by atoms with van der Waals surface area (Å²) in [6.07, 6.45) is 4.52. The van der Waals surface area contributed by atoms with Crippen LogP contribution in [0.25, 0.3) is 22.0 Å². The number of pyridine rings is 1. The van der Waals surface area contributed by atoms with Gasteiger partial charge in [-0.15, -0.1) is 0 Å². The van der Waals surface area contributed by atoms with Crippen LogP contribution < -0.4 is 19.8 Å². The highest BCUT2D eigenvalue weighted by Gasteiger charge is 2.18. The lowest BCUT2D eigenvalue weighted by Crippen LogP contribution is -2.46. The van der Waals surface area contributed by atoms with Gasteiger partial charge >= 0.3 is 0 Å². The van der Waals surface area contributed by atoms with Crippen molar-refractivity contribution in [2.75, 3.05) is 53.0 Å². The summed E-state index contributed by atoms with van der Waals surface area (Å²) < 4.78 is 34.9. The largest absolute Gasteiger partial charge is 0.491 e. The molecule has 1 saturated heterocycles. The van der Waals surface area contributed by atoms with Gasteiger partial charge in [-0.2, -0.15) is 0 Å². The molecule has 0 amide bonds. The fourth-order valence-electron chi connectivity index (χ4n) is 5.94. The smallest absolute Gasteiger partial charge is 0.261 e. The lowest BCUT2D eigenvalue weighted by atomic mass is 10.1. The summed E-state index contributed by atoms with van der Waals surface area (Å²) in [4.78, 5) is 27.2. The van der Waals surface area contributed by atoms with Crippen LogP contribution in [0.2, 0.25) is 0 Å². The quantitative estimate of drug-likeness (QED) is 0.156. The molecule has 9 nitrogen and oxygen atoms in total. The molecule has 0 N–H and O–H groups in total. The summed E-state index contributed by atoms with van der Waals surface area (Å²) in [6, 6.07) is 19.6. The lowest BCUT2D eigenvalue weighted by Gasteiger charge is -2.33. The Bertz CT molecular complexity index is 1890. The van der Waals surface area contributed by atoms with Gasteiger partial charge in [-0.25, -0.2) is 9.37 Å². The number of aromatic nitrogens is 3. The second-order valence-corrected chi connectivity index (χ2v) is 11.6. The number of likely N-dealkylation sites (N-methyl/N-ethyl adjacent to an activating group) is 1. The molecule has 1 aliphatic heterocycles. The van der Waals surface area contributed by atoms with Crippen LogP contribution in [0.4, 0.5) is 4.39 Å². The Balaban J connectivity index is 1.15. The molecule has 47 heavy (non-hydrogen) atoms. The number of fused-ring (bicyclic) bond motifs is 1. The van der Waals surface area contributed by atoms with Gasteiger partial charge in [-0.05, 0) is 54.4 Å². The second-order valence-electron chi connectivity index (χ2n) is 11.6. The van der Waals surface area contributed by atoms with Crippen LogP contribution in [0, 0.1) is 5.82 Å². The van der Waals surface area contributed by atoms with Crippen LogP contribution >= 0.6 is 0 Å². The third kappa shape index (κ3) is 7.29. The van der Waals surface area contributed by atoms with E-state index in [1.807, 2.05) is 42.5 Å². The number of ether oxygens (including phenoxy) is 3. The van der Waals surface area contributed by atoms with Gasteiger partial charge in [0.2, 0.25) is 0 Å². The van der Waals surface area contributed by atoms with Crippen molar-refractivity contribution in [3.05, 3.63) is 107 Å². The summed E-state index contributed by atoms with van der Waals surface area (Å²) in [6.45, 7) is 9.24. The Kier molecular flexibility index (Phi) is 10.1. The minimum atomic E-state index is -0.606. The predicted octanol–water partition coefficient (Wildman–Crippen LogP) is 5.93. The standard InChI is InChI=1S/C37H40FN5O4/c1-4-42-18-20-43(21-19-42)17-8-22-46-33-14-12-28-31(15-16-39-35(28)36(33)45-3)47-32-13-11-27(24-30(32)38)29-25-40-34(41(2)37(29)44)23-26-9-6-5-7-10-26/h5-7,9-16,24-25H,4,8,17-23H2,1-3H3. The first-order valence-electron chi connectivity index (χ1n) is 16.0. The molecule has 1 aliphatic rings. The monoisotopic (exact) mass is 637 g/mol. The summed E-state index contributed by atoms with van der Waals surface area (Å²) in [5, 5.41) is 0.654. The van der Waals surface area contributed by atoms with Crippen LogP contribution in [0.15, 0.2) is 83.9 Å². The summed E-state index contributed by atoms with van der Waals surface area (Å²) in [5.41, 5.74) is 2.08. The first kappa shape index (κ1) is 32.2. The molecule has 3 heterocycles. The van der Waals surface area contributed by atoms with Gasteiger partial charge in [0.05, 0.1) is 19.3 Å². The number of nitrogens with zero attached hydrogens (tertiary/aromatic N) is 5. The SMILES string of the molecule is CCN1CCN(CCCOc2ccc3c(Oc4ccc(-c5cnc(Cc6ccccc6)n(C)c5=O)cc4F)ccnc3c2OC)CC1. The Morgan fingerprint density at radius 2 is 1.66 bits per heavy atom. The average molecular weight is 638 g/mol. The molecule has 0 spiro atoms. The predicted molar refractivity (Wildman–Crippen MR) is 181 cm³/mol. The molecular formula is C37H40FN5O4. The maximum absolute atomic E-state index is 15.5. The third-order valence-electron chi connectivity index (χ3n) is 8.72. The van der Waals surface area contributed by atoms with Gasteiger partial charge in [0.25, 0.3) is 5.56 Å². The Hall–Kier alpha value is -4.80. The molecule has 0 bridgehead atoms. The molecular weight excluding hydrogens is 597 g/mol. The minimum Gasteiger partial charge on any atom is -0.491 e. The van der Waals surface area contributed by atoms with Crippen molar-refractivity contribution >= 4 is 10.9 Å². The summed E-state index contributed by atoms with van der Waals surface area (Å²) in [7, 11) is 3.26. The molecule has 10 heteroatoms. The van der Waals surface area contributed by atoms with Gasteiger partial charge in [-0.1, -0.05) is 43.3 Å². The fraction of sp³-hybridized carbons (Fsp3) is 0.324. The van der Waals surface area contributed by atoms with Gasteiger partial charge < -0.3 is 24.0 Å². The van der Waals surface area contributed by atoms with Crippen LogP contribution in [-0.2, 0) is 13.5 Å². The number of halogens is 1. The molecule has 5 aromatic rings. The van der Waals surface area contributed by atoms with E-state index in [9.17, 15) is 4.79 Å².